The van der Waals surface area contributed by atoms with Crippen LogP contribution in [0.3, 0.4) is 0 Å². The molecule has 0 saturated carbocycles. The van der Waals surface area contributed by atoms with E-state index in [-0.39, 0.29) is 0 Å². The molecule has 20 heavy (non-hydrogen) atoms. The Balaban J connectivity index is 2.23. The molecule has 0 bridgehead atoms. The first kappa shape index (κ1) is 15.4. The lowest BCUT2D eigenvalue weighted by Gasteiger charge is -2.18. The summed E-state index contributed by atoms with van der Waals surface area (Å²) in [5, 5.41) is 1.58. The Bertz CT molecular complexity index is 469. The van der Waals surface area contributed by atoms with Crippen molar-refractivity contribution in [3.63, 3.8) is 0 Å². The van der Waals surface area contributed by atoms with Crippen LogP contribution in [0.15, 0.2) is 48.5 Å². The standard InChI is InChI=1S/C18H20Cl2/c1-2-3-4-5-18(14-6-10-16(19)11-7-14)15-8-12-17(20)13-9-15/h6-13,18H,2-5H2,1H3. The molecule has 2 aromatic carbocycles. The fourth-order valence-corrected chi connectivity index (χ4v) is 2.77. The summed E-state index contributed by atoms with van der Waals surface area (Å²) in [5.74, 6) is 0.427. The number of hydrogen-bond donors (Lipinski definition) is 0. The van der Waals surface area contributed by atoms with Crippen LogP contribution in [0.25, 0.3) is 0 Å². The van der Waals surface area contributed by atoms with Crippen molar-refractivity contribution < 1.29 is 0 Å². The third-order valence-corrected chi connectivity index (χ3v) is 4.15. The van der Waals surface area contributed by atoms with Crippen LogP contribution < -0.4 is 0 Å². The molecule has 0 spiro atoms. The van der Waals surface area contributed by atoms with Crippen LogP contribution >= 0.6 is 23.2 Å². The highest BCUT2D eigenvalue weighted by molar-refractivity contribution is 6.30. The van der Waals surface area contributed by atoms with E-state index in [1.165, 1.54) is 30.4 Å². The van der Waals surface area contributed by atoms with Gasteiger partial charge in [0.05, 0.1) is 0 Å². The second-order valence-corrected chi connectivity index (χ2v) is 6.02. The first-order chi connectivity index (χ1) is 9.70. The van der Waals surface area contributed by atoms with Crippen LogP contribution in [-0.2, 0) is 0 Å². The SMILES string of the molecule is CCCCCC(c1ccc(Cl)cc1)c1ccc(Cl)cc1. The van der Waals surface area contributed by atoms with Gasteiger partial charge in [-0.3, -0.25) is 0 Å². The van der Waals surface area contributed by atoms with E-state index in [2.05, 4.69) is 31.2 Å². The van der Waals surface area contributed by atoms with Crippen molar-refractivity contribution in [1.82, 2.24) is 0 Å². The van der Waals surface area contributed by atoms with E-state index in [1.807, 2.05) is 24.3 Å². The number of hydrogen-bond acceptors (Lipinski definition) is 0. The molecule has 0 heterocycles. The van der Waals surface area contributed by atoms with Gasteiger partial charge in [-0.1, -0.05) is 73.7 Å². The van der Waals surface area contributed by atoms with Gasteiger partial charge in [0.25, 0.3) is 0 Å². The summed E-state index contributed by atoms with van der Waals surface area (Å²) in [7, 11) is 0. The summed E-state index contributed by atoms with van der Waals surface area (Å²) in [4.78, 5) is 0. The van der Waals surface area contributed by atoms with Gasteiger partial charge in [-0.05, 0) is 41.8 Å². The third-order valence-electron chi connectivity index (χ3n) is 3.64. The van der Waals surface area contributed by atoms with E-state index in [0.29, 0.717) is 5.92 Å². The summed E-state index contributed by atoms with van der Waals surface area (Å²) < 4.78 is 0. The van der Waals surface area contributed by atoms with Crippen LogP contribution in [0.1, 0.15) is 49.7 Å². The van der Waals surface area contributed by atoms with Gasteiger partial charge in [0.1, 0.15) is 0 Å². The Morgan fingerprint density at radius 2 is 1.20 bits per heavy atom. The lowest BCUT2D eigenvalue weighted by molar-refractivity contribution is 0.618. The highest BCUT2D eigenvalue weighted by atomic mass is 35.5. The van der Waals surface area contributed by atoms with Crippen molar-refractivity contribution in [3.05, 3.63) is 69.7 Å². The summed E-state index contributed by atoms with van der Waals surface area (Å²) in [6.07, 6.45) is 4.93. The smallest absolute Gasteiger partial charge is 0.0406 e. The maximum atomic E-state index is 5.99. The summed E-state index contributed by atoms with van der Waals surface area (Å²) in [6, 6.07) is 16.4. The Morgan fingerprint density at radius 3 is 1.60 bits per heavy atom. The topological polar surface area (TPSA) is 0 Å². The van der Waals surface area contributed by atoms with Gasteiger partial charge < -0.3 is 0 Å². The Hall–Kier alpha value is -0.980. The lowest BCUT2D eigenvalue weighted by Crippen LogP contribution is -2.01. The molecule has 0 radical (unpaired) electrons. The van der Waals surface area contributed by atoms with Crippen LogP contribution in [0.2, 0.25) is 10.0 Å². The molecule has 0 aromatic heterocycles. The van der Waals surface area contributed by atoms with Gasteiger partial charge in [-0.25, -0.2) is 0 Å². The molecule has 0 aliphatic rings. The van der Waals surface area contributed by atoms with E-state index in [0.717, 1.165) is 16.5 Å². The molecule has 0 aliphatic heterocycles. The molecule has 0 amide bonds. The monoisotopic (exact) mass is 306 g/mol. The Kier molecular flexibility index (Phi) is 5.94. The van der Waals surface area contributed by atoms with Crippen LogP contribution in [0.4, 0.5) is 0 Å². The number of unbranched alkanes of at least 4 members (excludes halogenated alkanes) is 2. The molecular formula is C18H20Cl2. The molecule has 0 unspecified atom stereocenters. The largest absolute Gasteiger partial charge is 0.0843 e. The summed E-state index contributed by atoms with van der Waals surface area (Å²) in [6.45, 7) is 2.24. The average molecular weight is 307 g/mol. The van der Waals surface area contributed by atoms with Crippen LogP contribution in [-0.4, -0.2) is 0 Å². The molecule has 0 fully saturated rings. The van der Waals surface area contributed by atoms with Crippen molar-refractivity contribution in [2.24, 2.45) is 0 Å². The molecule has 2 aromatic rings. The van der Waals surface area contributed by atoms with Crippen LogP contribution in [0.5, 0.6) is 0 Å². The molecule has 0 N–H and O–H groups in total. The van der Waals surface area contributed by atoms with Gasteiger partial charge in [0, 0.05) is 16.0 Å². The minimum atomic E-state index is 0.427. The minimum absolute atomic E-state index is 0.427. The quantitative estimate of drug-likeness (QED) is 0.520. The maximum Gasteiger partial charge on any atom is 0.0406 e. The zero-order valence-corrected chi connectivity index (χ0v) is 13.3. The minimum Gasteiger partial charge on any atom is -0.0843 e. The fraction of sp³-hybridized carbons (Fsp3) is 0.333. The van der Waals surface area contributed by atoms with Crippen LogP contribution in [0, 0.1) is 0 Å². The molecule has 0 atom stereocenters. The normalized spacial score (nSPS) is 11.0. The molecule has 2 rings (SSSR count). The van der Waals surface area contributed by atoms with Crippen molar-refractivity contribution in [2.75, 3.05) is 0 Å². The summed E-state index contributed by atoms with van der Waals surface area (Å²) >= 11 is 12.0. The van der Waals surface area contributed by atoms with Gasteiger partial charge in [-0.15, -0.1) is 0 Å². The predicted octanol–water partition coefficient (Wildman–Crippen LogP) is 6.71. The van der Waals surface area contributed by atoms with E-state index < -0.39 is 0 Å². The maximum absolute atomic E-state index is 5.99. The molecule has 0 aliphatic carbocycles. The predicted molar refractivity (Wildman–Crippen MR) is 88.9 cm³/mol. The van der Waals surface area contributed by atoms with Gasteiger partial charge >= 0.3 is 0 Å². The Morgan fingerprint density at radius 1 is 0.750 bits per heavy atom. The number of rotatable bonds is 6. The molecule has 0 nitrogen and oxygen atoms in total. The summed E-state index contributed by atoms with van der Waals surface area (Å²) in [5.41, 5.74) is 2.65. The zero-order valence-electron chi connectivity index (χ0n) is 11.8. The second kappa shape index (κ2) is 7.71. The number of halogens is 2. The number of benzene rings is 2. The lowest BCUT2D eigenvalue weighted by atomic mass is 9.87. The van der Waals surface area contributed by atoms with Gasteiger partial charge in [-0.2, -0.15) is 0 Å². The zero-order chi connectivity index (χ0) is 14.4. The van der Waals surface area contributed by atoms with E-state index in [1.54, 1.807) is 0 Å². The molecule has 106 valence electrons. The van der Waals surface area contributed by atoms with Crippen molar-refractivity contribution in [3.8, 4) is 0 Å². The van der Waals surface area contributed by atoms with Crippen molar-refractivity contribution >= 4 is 23.2 Å². The molecule has 2 heteroatoms. The van der Waals surface area contributed by atoms with Crippen molar-refractivity contribution in [2.45, 2.75) is 38.5 Å². The van der Waals surface area contributed by atoms with E-state index in [9.17, 15) is 0 Å². The third kappa shape index (κ3) is 4.26. The van der Waals surface area contributed by atoms with Gasteiger partial charge in [0.2, 0.25) is 0 Å². The molecule has 0 saturated heterocycles. The Labute approximate surface area is 131 Å². The van der Waals surface area contributed by atoms with E-state index in [4.69, 9.17) is 23.2 Å². The first-order valence-electron chi connectivity index (χ1n) is 7.21. The van der Waals surface area contributed by atoms with E-state index >= 15 is 0 Å². The second-order valence-electron chi connectivity index (χ2n) is 5.15. The molecular weight excluding hydrogens is 287 g/mol. The van der Waals surface area contributed by atoms with Crippen molar-refractivity contribution in [1.29, 1.82) is 0 Å². The fourth-order valence-electron chi connectivity index (χ4n) is 2.51. The first-order valence-corrected chi connectivity index (χ1v) is 7.97. The van der Waals surface area contributed by atoms with Gasteiger partial charge in [0.15, 0.2) is 0 Å². The highest BCUT2D eigenvalue weighted by Gasteiger charge is 2.13. The average Bonchev–Trinajstić information content (AvgIpc) is 2.46. The highest BCUT2D eigenvalue weighted by Crippen LogP contribution is 2.31.